The smallest absolute Gasteiger partial charge is 0.251 e. The number of quaternary nitrogens is 1. The first-order valence-electron chi connectivity index (χ1n) is 16.3. The van der Waals surface area contributed by atoms with E-state index in [-0.39, 0.29) is 18.3 Å². The van der Waals surface area contributed by atoms with Crippen LogP contribution in [0.3, 0.4) is 0 Å². The molecule has 1 aromatic carbocycles. The van der Waals surface area contributed by atoms with Crippen molar-refractivity contribution in [2.45, 2.75) is 149 Å². The summed E-state index contributed by atoms with van der Waals surface area (Å²) in [6, 6.07) is 9.48. The predicted octanol–water partition coefficient (Wildman–Crippen LogP) is 5.83. The Labute approximate surface area is 243 Å². The van der Waals surface area contributed by atoms with E-state index < -0.39 is 0 Å². The molecule has 0 aliphatic heterocycles. The molecule has 0 unspecified atom stereocenters. The van der Waals surface area contributed by atoms with Crippen molar-refractivity contribution in [3.8, 4) is 0 Å². The van der Waals surface area contributed by atoms with Gasteiger partial charge in [-0.15, -0.1) is 0 Å². The zero-order valence-corrected chi connectivity index (χ0v) is 26.1. The fourth-order valence-electron chi connectivity index (χ4n) is 5.13. The van der Waals surface area contributed by atoms with E-state index >= 15 is 0 Å². The quantitative estimate of drug-likeness (QED) is 0.133. The van der Waals surface area contributed by atoms with Crippen LogP contribution in [0.25, 0.3) is 0 Å². The number of benzene rings is 1. The molecule has 0 aliphatic rings. The van der Waals surface area contributed by atoms with E-state index in [9.17, 15) is 4.79 Å². The van der Waals surface area contributed by atoms with Crippen molar-refractivity contribution >= 4 is 5.91 Å². The number of amides is 1. The van der Waals surface area contributed by atoms with Crippen LogP contribution in [-0.2, 0) is 0 Å². The lowest BCUT2D eigenvalue weighted by Gasteiger charge is -2.05. The molecular weight excluding hydrogens is 488 g/mol. The highest BCUT2D eigenvalue weighted by Gasteiger charge is 2.03. The van der Waals surface area contributed by atoms with Crippen LogP contribution in [0.4, 0.5) is 0 Å². The SMILES string of the molecule is CC(C)CCCCCCCCCCCCCCCCCCCCC[NH2+]CCCNC(=O)c1ccccc1.[Cl-]. The third kappa shape index (κ3) is 25.2. The minimum absolute atomic E-state index is 0. The Morgan fingerprint density at radius 3 is 1.45 bits per heavy atom. The van der Waals surface area contributed by atoms with Gasteiger partial charge < -0.3 is 23.0 Å². The molecule has 1 amide bonds. The van der Waals surface area contributed by atoms with Crippen molar-refractivity contribution in [1.29, 1.82) is 0 Å². The maximum absolute atomic E-state index is 12.0. The maximum Gasteiger partial charge on any atom is 0.251 e. The first-order valence-corrected chi connectivity index (χ1v) is 16.3. The van der Waals surface area contributed by atoms with Gasteiger partial charge in [-0.2, -0.15) is 0 Å². The molecule has 0 radical (unpaired) electrons. The van der Waals surface area contributed by atoms with Gasteiger partial charge in [0.25, 0.3) is 5.91 Å². The van der Waals surface area contributed by atoms with Gasteiger partial charge in [0.2, 0.25) is 0 Å². The zero-order valence-electron chi connectivity index (χ0n) is 25.3. The van der Waals surface area contributed by atoms with Crippen LogP contribution in [0.1, 0.15) is 159 Å². The van der Waals surface area contributed by atoms with E-state index in [1.807, 2.05) is 30.3 Å². The molecule has 0 heterocycles. The highest BCUT2D eigenvalue weighted by atomic mass is 35.5. The normalized spacial score (nSPS) is 11.0. The molecule has 1 rings (SSSR count). The van der Waals surface area contributed by atoms with Crippen molar-refractivity contribution < 1.29 is 22.5 Å². The lowest BCUT2D eigenvalue weighted by atomic mass is 10.0. The predicted molar refractivity (Wildman–Crippen MR) is 162 cm³/mol. The monoisotopic (exact) mass is 550 g/mol. The summed E-state index contributed by atoms with van der Waals surface area (Å²) in [5.41, 5.74) is 0.751. The molecular formula is C34H63ClN2O. The summed E-state index contributed by atoms with van der Waals surface area (Å²) in [4.78, 5) is 12.0. The molecule has 0 fully saturated rings. The number of halogens is 1. The van der Waals surface area contributed by atoms with Crippen molar-refractivity contribution in [2.24, 2.45) is 5.92 Å². The van der Waals surface area contributed by atoms with Crippen LogP contribution >= 0.6 is 0 Å². The molecule has 0 aliphatic carbocycles. The molecule has 4 heteroatoms. The molecule has 38 heavy (non-hydrogen) atoms. The van der Waals surface area contributed by atoms with E-state index in [1.54, 1.807) is 0 Å². The topological polar surface area (TPSA) is 45.7 Å². The van der Waals surface area contributed by atoms with Crippen LogP contribution in [-0.4, -0.2) is 25.5 Å². The van der Waals surface area contributed by atoms with Crippen molar-refractivity contribution in [3.63, 3.8) is 0 Å². The van der Waals surface area contributed by atoms with Gasteiger partial charge in [0.1, 0.15) is 0 Å². The molecule has 0 atom stereocenters. The largest absolute Gasteiger partial charge is 1.00 e. The van der Waals surface area contributed by atoms with E-state index in [0.717, 1.165) is 31.0 Å². The molecule has 1 aromatic rings. The second kappa shape index (κ2) is 28.9. The standard InChI is InChI=1S/C34H62N2O.ClH/c1-32(2)26-21-18-16-14-12-10-8-6-4-3-5-7-9-11-13-15-17-19-24-29-35-30-25-31-36-34(37)33-27-22-20-23-28-33;/h20,22-23,27-28,32,35H,3-19,21,24-26,29-31H2,1-2H3,(H,36,37);1H. The van der Waals surface area contributed by atoms with Crippen LogP contribution < -0.4 is 23.0 Å². The van der Waals surface area contributed by atoms with Crippen molar-refractivity contribution in [1.82, 2.24) is 5.32 Å². The summed E-state index contributed by atoms with van der Waals surface area (Å²) in [5, 5.41) is 5.41. The third-order valence-electron chi connectivity index (χ3n) is 7.60. The Kier molecular flexibility index (Phi) is 28.1. The second-order valence-electron chi connectivity index (χ2n) is 11.7. The third-order valence-corrected chi connectivity index (χ3v) is 7.60. The van der Waals surface area contributed by atoms with Gasteiger partial charge in [-0.25, -0.2) is 0 Å². The van der Waals surface area contributed by atoms with E-state index in [1.165, 1.54) is 135 Å². The van der Waals surface area contributed by atoms with E-state index in [4.69, 9.17) is 0 Å². The van der Waals surface area contributed by atoms with Gasteiger partial charge in [-0.1, -0.05) is 148 Å². The minimum atomic E-state index is 0. The van der Waals surface area contributed by atoms with Crippen LogP contribution in [0.5, 0.6) is 0 Å². The number of rotatable bonds is 27. The number of hydrogen-bond acceptors (Lipinski definition) is 1. The average Bonchev–Trinajstić information content (AvgIpc) is 2.90. The number of carbonyl (C=O) groups is 1. The number of hydrogen-bond donors (Lipinski definition) is 2. The zero-order chi connectivity index (χ0) is 26.7. The molecule has 0 spiro atoms. The number of nitrogens with one attached hydrogen (secondary N) is 1. The lowest BCUT2D eigenvalue weighted by molar-refractivity contribution is -0.655. The summed E-state index contributed by atoms with van der Waals surface area (Å²) < 4.78 is 0. The molecule has 0 aromatic heterocycles. The van der Waals surface area contributed by atoms with Gasteiger partial charge in [0, 0.05) is 18.5 Å². The van der Waals surface area contributed by atoms with Crippen LogP contribution in [0.15, 0.2) is 30.3 Å². The molecule has 3 nitrogen and oxygen atoms in total. The maximum atomic E-state index is 12.0. The van der Waals surface area contributed by atoms with Crippen molar-refractivity contribution in [2.75, 3.05) is 19.6 Å². The van der Waals surface area contributed by atoms with Gasteiger partial charge in [0.15, 0.2) is 0 Å². The lowest BCUT2D eigenvalue weighted by Crippen LogP contribution is -3.00. The Bertz CT molecular complexity index is 608. The summed E-state index contributed by atoms with van der Waals surface area (Å²) in [6.07, 6.45) is 29.9. The number of nitrogens with two attached hydrogens (primary N) is 1. The minimum Gasteiger partial charge on any atom is -1.00 e. The fourth-order valence-corrected chi connectivity index (χ4v) is 5.13. The molecule has 0 saturated heterocycles. The Morgan fingerprint density at radius 1 is 0.605 bits per heavy atom. The fraction of sp³-hybridized carbons (Fsp3) is 0.794. The van der Waals surface area contributed by atoms with Crippen LogP contribution in [0, 0.1) is 5.92 Å². The summed E-state index contributed by atoms with van der Waals surface area (Å²) in [5.74, 6) is 0.927. The second-order valence-corrected chi connectivity index (χ2v) is 11.7. The van der Waals surface area contributed by atoms with E-state index in [2.05, 4.69) is 24.5 Å². The summed E-state index contributed by atoms with van der Waals surface area (Å²) >= 11 is 0. The highest BCUT2D eigenvalue weighted by Crippen LogP contribution is 2.15. The summed E-state index contributed by atoms with van der Waals surface area (Å²) in [6.45, 7) is 7.78. The molecule has 0 bridgehead atoms. The average molecular weight is 551 g/mol. The van der Waals surface area contributed by atoms with Gasteiger partial charge in [-0.3, -0.25) is 4.79 Å². The van der Waals surface area contributed by atoms with Gasteiger partial charge in [0.05, 0.1) is 13.1 Å². The Balaban J connectivity index is 0.0000137. The number of carbonyl (C=O) groups excluding carboxylic acids is 1. The van der Waals surface area contributed by atoms with Crippen molar-refractivity contribution in [3.05, 3.63) is 35.9 Å². The molecule has 222 valence electrons. The molecule has 3 N–H and O–H groups in total. The first-order chi connectivity index (χ1) is 18.2. The van der Waals surface area contributed by atoms with Crippen LogP contribution in [0.2, 0.25) is 0 Å². The Morgan fingerprint density at radius 2 is 1.00 bits per heavy atom. The first kappa shape index (κ1) is 36.9. The number of unbranched alkanes of at least 4 members (excludes halogenated alkanes) is 18. The van der Waals surface area contributed by atoms with Gasteiger partial charge in [-0.05, 0) is 30.9 Å². The molecule has 0 saturated carbocycles. The Hall–Kier alpha value is -1.06. The van der Waals surface area contributed by atoms with E-state index in [0.29, 0.717) is 0 Å². The highest BCUT2D eigenvalue weighted by molar-refractivity contribution is 5.94. The summed E-state index contributed by atoms with van der Waals surface area (Å²) in [7, 11) is 0. The van der Waals surface area contributed by atoms with Gasteiger partial charge >= 0.3 is 0 Å².